The molecule has 1 unspecified atom stereocenters. The van der Waals surface area contributed by atoms with Crippen molar-refractivity contribution in [3.05, 3.63) is 72.2 Å². The number of rotatable bonds is 7. The van der Waals surface area contributed by atoms with Gasteiger partial charge in [-0.05, 0) is 23.6 Å². The molecule has 3 rings (SSSR count). The van der Waals surface area contributed by atoms with Gasteiger partial charge >= 0.3 is 0 Å². The molecule has 2 aromatic carbocycles. The maximum atomic E-state index is 13.1. The molecular weight excluding hydrogens is 363 g/mol. The summed E-state index contributed by atoms with van der Waals surface area (Å²) in [5, 5.41) is 3.46. The minimum atomic E-state index is -0.291. The van der Waals surface area contributed by atoms with Crippen LogP contribution in [0.1, 0.15) is 25.5 Å². The molecule has 1 N–H and O–H groups in total. The summed E-state index contributed by atoms with van der Waals surface area (Å²) in [4.78, 5) is 16.6. The number of aromatic nitrogens is 1. The van der Waals surface area contributed by atoms with Crippen LogP contribution in [-0.4, -0.2) is 16.6 Å². The maximum Gasteiger partial charge on any atom is 0.256 e. The number of hydrogen-bond donors (Lipinski definition) is 1. The summed E-state index contributed by atoms with van der Waals surface area (Å²) in [6.07, 6.45) is 1.66. The molecule has 0 spiro atoms. The first-order valence-electron chi connectivity index (χ1n) is 8.72. The normalized spacial score (nSPS) is 12.1. The van der Waals surface area contributed by atoms with Crippen LogP contribution in [0.5, 0.6) is 0 Å². The van der Waals surface area contributed by atoms with Crippen LogP contribution in [0.4, 0.5) is 4.39 Å². The fourth-order valence-corrected chi connectivity index (χ4v) is 3.32. The standard InChI is InChI=1S/C21H21FN2O2S/c1-14(2)20(16-8-10-17(22)11-9-16)24-19(25)13-27-21-23-12-18(26-21)15-6-4-3-5-7-15/h3-12,14,20H,13H2,1-2H3,(H,24,25). The Bertz CT molecular complexity index is 879. The lowest BCUT2D eigenvalue weighted by molar-refractivity contribution is -0.119. The zero-order valence-electron chi connectivity index (χ0n) is 15.2. The van der Waals surface area contributed by atoms with Gasteiger partial charge in [0.05, 0.1) is 18.0 Å². The number of hydrogen-bond acceptors (Lipinski definition) is 4. The molecule has 0 aliphatic carbocycles. The van der Waals surface area contributed by atoms with E-state index in [-0.39, 0.29) is 29.4 Å². The van der Waals surface area contributed by atoms with Crippen molar-refractivity contribution in [3.63, 3.8) is 0 Å². The molecule has 1 amide bonds. The summed E-state index contributed by atoms with van der Waals surface area (Å²) in [5.41, 5.74) is 1.82. The molecule has 4 nitrogen and oxygen atoms in total. The number of carbonyl (C=O) groups is 1. The average molecular weight is 384 g/mol. The predicted octanol–water partition coefficient (Wildman–Crippen LogP) is 5.09. The number of nitrogens with one attached hydrogen (secondary N) is 1. The second-order valence-corrected chi connectivity index (χ2v) is 7.41. The second kappa shape index (κ2) is 8.86. The lowest BCUT2D eigenvalue weighted by Gasteiger charge is -2.22. The molecule has 6 heteroatoms. The summed E-state index contributed by atoms with van der Waals surface area (Å²) in [6.45, 7) is 4.03. The monoisotopic (exact) mass is 384 g/mol. The van der Waals surface area contributed by atoms with E-state index in [1.54, 1.807) is 18.3 Å². The number of oxazole rings is 1. The van der Waals surface area contributed by atoms with E-state index in [4.69, 9.17) is 4.42 Å². The first kappa shape index (κ1) is 19.2. The molecule has 0 bridgehead atoms. The van der Waals surface area contributed by atoms with Gasteiger partial charge < -0.3 is 9.73 Å². The Morgan fingerprint density at radius 1 is 1.15 bits per heavy atom. The molecule has 1 atom stereocenters. The SMILES string of the molecule is CC(C)C(NC(=O)CSc1ncc(-c2ccccc2)o1)c1ccc(F)cc1. The van der Waals surface area contributed by atoms with Crippen molar-refractivity contribution < 1.29 is 13.6 Å². The molecule has 0 aliphatic rings. The van der Waals surface area contributed by atoms with Crippen LogP contribution in [0, 0.1) is 11.7 Å². The number of benzene rings is 2. The third-order valence-corrected chi connectivity index (χ3v) is 4.92. The van der Waals surface area contributed by atoms with Crippen LogP contribution < -0.4 is 5.32 Å². The van der Waals surface area contributed by atoms with Gasteiger partial charge in [0.25, 0.3) is 5.22 Å². The molecular formula is C21H21FN2O2S. The predicted molar refractivity (Wildman–Crippen MR) is 105 cm³/mol. The Morgan fingerprint density at radius 2 is 1.85 bits per heavy atom. The van der Waals surface area contributed by atoms with Gasteiger partial charge in [-0.15, -0.1) is 0 Å². The molecule has 0 fully saturated rings. The van der Waals surface area contributed by atoms with E-state index in [1.807, 2.05) is 44.2 Å². The zero-order chi connectivity index (χ0) is 19.2. The van der Waals surface area contributed by atoms with Crippen molar-refractivity contribution in [2.45, 2.75) is 25.1 Å². The second-order valence-electron chi connectivity index (χ2n) is 6.49. The molecule has 1 heterocycles. The van der Waals surface area contributed by atoms with Gasteiger partial charge in [-0.25, -0.2) is 9.37 Å². The molecule has 0 saturated carbocycles. The summed E-state index contributed by atoms with van der Waals surface area (Å²) < 4.78 is 18.8. The molecule has 140 valence electrons. The minimum absolute atomic E-state index is 0.123. The van der Waals surface area contributed by atoms with Gasteiger partial charge in [-0.2, -0.15) is 0 Å². The Kier molecular flexibility index (Phi) is 6.29. The van der Waals surface area contributed by atoms with Crippen LogP contribution >= 0.6 is 11.8 Å². The highest BCUT2D eigenvalue weighted by atomic mass is 32.2. The summed E-state index contributed by atoms with van der Waals surface area (Å²) in [6, 6.07) is 15.7. The van der Waals surface area contributed by atoms with Crippen LogP contribution in [0.2, 0.25) is 0 Å². The average Bonchev–Trinajstić information content (AvgIpc) is 3.15. The third-order valence-electron chi connectivity index (χ3n) is 4.08. The fraction of sp³-hybridized carbons (Fsp3) is 0.238. The van der Waals surface area contributed by atoms with E-state index in [0.29, 0.717) is 11.0 Å². The Hall–Kier alpha value is -2.60. The minimum Gasteiger partial charge on any atom is -0.431 e. The number of halogens is 1. The summed E-state index contributed by atoms with van der Waals surface area (Å²) in [7, 11) is 0. The van der Waals surface area contributed by atoms with Crippen molar-refractivity contribution in [1.29, 1.82) is 0 Å². The highest BCUT2D eigenvalue weighted by molar-refractivity contribution is 7.99. The Balaban J connectivity index is 1.58. The molecule has 0 aliphatic heterocycles. The van der Waals surface area contributed by atoms with Gasteiger partial charge in [0.15, 0.2) is 5.76 Å². The zero-order valence-corrected chi connectivity index (χ0v) is 16.0. The van der Waals surface area contributed by atoms with E-state index >= 15 is 0 Å². The van der Waals surface area contributed by atoms with Crippen molar-refractivity contribution >= 4 is 17.7 Å². The number of carbonyl (C=O) groups excluding carboxylic acids is 1. The molecule has 0 radical (unpaired) electrons. The van der Waals surface area contributed by atoms with Crippen molar-refractivity contribution in [2.75, 3.05) is 5.75 Å². The van der Waals surface area contributed by atoms with Crippen molar-refractivity contribution in [3.8, 4) is 11.3 Å². The molecule has 3 aromatic rings. The van der Waals surface area contributed by atoms with Crippen LogP contribution in [0.25, 0.3) is 11.3 Å². The van der Waals surface area contributed by atoms with Crippen LogP contribution in [0.15, 0.2) is 70.4 Å². The van der Waals surface area contributed by atoms with Crippen molar-refractivity contribution in [1.82, 2.24) is 10.3 Å². The Labute approximate surface area is 162 Å². The highest BCUT2D eigenvalue weighted by Crippen LogP contribution is 2.26. The van der Waals surface area contributed by atoms with Crippen LogP contribution in [-0.2, 0) is 4.79 Å². The first-order valence-corrected chi connectivity index (χ1v) is 9.70. The van der Waals surface area contributed by atoms with Crippen molar-refractivity contribution in [2.24, 2.45) is 5.92 Å². The van der Waals surface area contributed by atoms with Gasteiger partial charge in [0.2, 0.25) is 5.91 Å². The molecule has 1 aromatic heterocycles. The van der Waals surface area contributed by atoms with E-state index in [0.717, 1.165) is 11.1 Å². The molecule has 0 saturated heterocycles. The Morgan fingerprint density at radius 3 is 2.52 bits per heavy atom. The third kappa shape index (κ3) is 5.20. The largest absolute Gasteiger partial charge is 0.431 e. The number of nitrogens with zero attached hydrogens (tertiary/aromatic N) is 1. The van der Waals surface area contributed by atoms with Gasteiger partial charge in [-0.3, -0.25) is 4.79 Å². The lowest BCUT2D eigenvalue weighted by Crippen LogP contribution is -2.33. The smallest absolute Gasteiger partial charge is 0.256 e. The fourth-order valence-electron chi connectivity index (χ4n) is 2.71. The topological polar surface area (TPSA) is 55.1 Å². The summed E-state index contributed by atoms with van der Waals surface area (Å²) in [5.74, 6) is 0.628. The van der Waals surface area contributed by atoms with Gasteiger partial charge in [-0.1, -0.05) is 68.1 Å². The lowest BCUT2D eigenvalue weighted by atomic mass is 9.96. The quantitative estimate of drug-likeness (QED) is 0.577. The van der Waals surface area contributed by atoms with E-state index < -0.39 is 0 Å². The number of amides is 1. The van der Waals surface area contributed by atoms with E-state index in [9.17, 15) is 9.18 Å². The number of thioether (sulfide) groups is 1. The highest BCUT2D eigenvalue weighted by Gasteiger charge is 2.19. The first-order chi connectivity index (χ1) is 13.0. The summed E-state index contributed by atoms with van der Waals surface area (Å²) >= 11 is 1.25. The van der Waals surface area contributed by atoms with Crippen LogP contribution in [0.3, 0.4) is 0 Å². The van der Waals surface area contributed by atoms with E-state index in [1.165, 1.54) is 23.9 Å². The van der Waals surface area contributed by atoms with Gasteiger partial charge in [0.1, 0.15) is 5.82 Å². The molecule has 27 heavy (non-hydrogen) atoms. The van der Waals surface area contributed by atoms with E-state index in [2.05, 4.69) is 10.3 Å². The maximum absolute atomic E-state index is 13.1. The van der Waals surface area contributed by atoms with Gasteiger partial charge in [0, 0.05) is 5.56 Å².